The fourth-order valence-corrected chi connectivity index (χ4v) is 2.40. The minimum absolute atomic E-state index is 0.151. The smallest absolute Gasteiger partial charge is 0.319 e. The lowest BCUT2D eigenvalue weighted by molar-refractivity contribution is 0.251. The van der Waals surface area contributed by atoms with E-state index < -0.39 is 0 Å². The number of ether oxygens (including phenoxy) is 1. The van der Waals surface area contributed by atoms with Gasteiger partial charge in [0.2, 0.25) is 0 Å². The van der Waals surface area contributed by atoms with Crippen molar-refractivity contribution in [2.45, 2.75) is 13.5 Å². The summed E-state index contributed by atoms with van der Waals surface area (Å²) in [6, 6.07) is 13.9. The number of carbonyl (C=O) groups is 1. The Morgan fingerprint density at radius 1 is 1.19 bits per heavy atom. The molecule has 0 saturated heterocycles. The van der Waals surface area contributed by atoms with E-state index in [1.807, 2.05) is 19.1 Å². The highest BCUT2D eigenvalue weighted by Crippen LogP contribution is 2.23. The number of anilines is 1. The van der Waals surface area contributed by atoms with Crippen LogP contribution in [0.25, 0.3) is 5.69 Å². The zero-order valence-corrected chi connectivity index (χ0v) is 14.8. The lowest BCUT2D eigenvalue weighted by atomic mass is 10.3. The average molecular weight is 373 g/mol. The van der Waals surface area contributed by atoms with Crippen molar-refractivity contribution in [3.05, 3.63) is 59.4 Å². The predicted molar refractivity (Wildman–Crippen MR) is 97.6 cm³/mol. The maximum atomic E-state index is 12.2. The summed E-state index contributed by atoms with van der Waals surface area (Å²) in [7, 11) is 0. The van der Waals surface area contributed by atoms with Gasteiger partial charge in [0, 0.05) is 5.02 Å². The molecule has 0 fully saturated rings. The summed E-state index contributed by atoms with van der Waals surface area (Å²) in [6.45, 7) is 2.54. The Morgan fingerprint density at radius 2 is 1.96 bits per heavy atom. The number of benzene rings is 2. The van der Waals surface area contributed by atoms with Gasteiger partial charge in [-0.25, -0.2) is 4.79 Å². The Balaban J connectivity index is 1.64. The van der Waals surface area contributed by atoms with Gasteiger partial charge in [-0.1, -0.05) is 23.7 Å². The molecule has 0 atom stereocenters. The molecule has 26 heavy (non-hydrogen) atoms. The second kappa shape index (κ2) is 8.30. The molecule has 0 aliphatic rings. The first-order chi connectivity index (χ1) is 12.7. The highest BCUT2D eigenvalue weighted by atomic mass is 35.5. The summed E-state index contributed by atoms with van der Waals surface area (Å²) in [5.41, 5.74) is 1.34. The number of carbonyl (C=O) groups excluding carboxylic acids is 1. The zero-order chi connectivity index (χ0) is 18.4. The monoisotopic (exact) mass is 372 g/mol. The van der Waals surface area contributed by atoms with Crippen LogP contribution < -0.4 is 15.4 Å². The Bertz CT molecular complexity index is 881. The summed E-state index contributed by atoms with van der Waals surface area (Å²) in [5, 5.41) is 17.6. The van der Waals surface area contributed by atoms with Crippen LogP contribution in [0.4, 0.5) is 10.5 Å². The van der Waals surface area contributed by atoms with Gasteiger partial charge in [0.25, 0.3) is 0 Å². The van der Waals surface area contributed by atoms with Crippen LogP contribution in [0, 0.1) is 0 Å². The van der Waals surface area contributed by atoms with Gasteiger partial charge in [0.15, 0.2) is 5.82 Å². The zero-order valence-electron chi connectivity index (χ0n) is 14.0. The van der Waals surface area contributed by atoms with Crippen LogP contribution in [0.3, 0.4) is 0 Å². The van der Waals surface area contributed by atoms with Crippen LogP contribution in [0.5, 0.6) is 5.75 Å². The number of hydrogen-bond acceptors (Lipinski definition) is 5. The van der Waals surface area contributed by atoms with Crippen LogP contribution in [-0.2, 0) is 6.54 Å². The Kier molecular flexibility index (Phi) is 5.65. The summed E-state index contributed by atoms with van der Waals surface area (Å²) in [6.07, 6.45) is 0. The largest absolute Gasteiger partial charge is 0.492 e. The molecule has 0 radical (unpaired) electrons. The van der Waals surface area contributed by atoms with Crippen molar-refractivity contribution < 1.29 is 9.53 Å². The van der Waals surface area contributed by atoms with Crippen LogP contribution in [-0.4, -0.2) is 32.8 Å². The number of aromatic nitrogens is 4. The number of tetrazole rings is 1. The summed E-state index contributed by atoms with van der Waals surface area (Å²) < 4.78 is 7.02. The molecule has 3 aromatic rings. The van der Waals surface area contributed by atoms with Gasteiger partial charge in [0.05, 0.1) is 24.5 Å². The number of nitrogens with one attached hydrogen (secondary N) is 2. The normalized spacial score (nSPS) is 10.4. The number of urea groups is 1. The van der Waals surface area contributed by atoms with Crippen LogP contribution >= 0.6 is 11.6 Å². The molecule has 9 heteroatoms. The third-order valence-corrected chi connectivity index (χ3v) is 3.70. The first-order valence-electron chi connectivity index (χ1n) is 7.97. The van der Waals surface area contributed by atoms with Crippen molar-refractivity contribution in [2.75, 3.05) is 11.9 Å². The second-order valence-corrected chi connectivity index (χ2v) is 5.66. The van der Waals surface area contributed by atoms with Crippen LogP contribution in [0.2, 0.25) is 5.02 Å². The first kappa shape index (κ1) is 17.7. The quantitative estimate of drug-likeness (QED) is 0.693. The number of rotatable bonds is 6. The van der Waals surface area contributed by atoms with Gasteiger partial charge in [-0.05, 0) is 53.7 Å². The van der Waals surface area contributed by atoms with Gasteiger partial charge >= 0.3 is 6.03 Å². The maximum Gasteiger partial charge on any atom is 0.319 e. The summed E-state index contributed by atoms with van der Waals surface area (Å²) in [4.78, 5) is 12.2. The number of halogens is 1. The molecule has 0 unspecified atom stereocenters. The molecule has 1 heterocycles. The van der Waals surface area contributed by atoms with Gasteiger partial charge < -0.3 is 15.4 Å². The van der Waals surface area contributed by atoms with Crippen LogP contribution in [0.15, 0.2) is 48.5 Å². The van der Waals surface area contributed by atoms with E-state index in [9.17, 15) is 4.79 Å². The minimum Gasteiger partial charge on any atom is -0.492 e. The van der Waals surface area contributed by atoms with Crippen molar-refractivity contribution in [2.24, 2.45) is 0 Å². The number of amides is 2. The summed E-state index contributed by atoms with van der Waals surface area (Å²) in [5.74, 6) is 1.09. The van der Waals surface area contributed by atoms with Gasteiger partial charge in [-0.3, -0.25) is 0 Å². The third-order valence-electron chi connectivity index (χ3n) is 3.45. The summed E-state index contributed by atoms with van der Waals surface area (Å²) >= 11 is 5.89. The molecule has 2 aromatic carbocycles. The van der Waals surface area contributed by atoms with E-state index in [1.165, 1.54) is 4.68 Å². The molecular formula is C17H17ClN6O2. The lowest BCUT2D eigenvalue weighted by Crippen LogP contribution is -2.29. The first-order valence-corrected chi connectivity index (χ1v) is 8.35. The molecule has 0 saturated carbocycles. The van der Waals surface area contributed by atoms with Crippen molar-refractivity contribution in [3.8, 4) is 11.4 Å². The van der Waals surface area contributed by atoms with Crippen molar-refractivity contribution in [1.82, 2.24) is 25.5 Å². The molecule has 3 rings (SSSR count). The molecule has 2 amide bonds. The van der Waals surface area contributed by atoms with Crippen molar-refractivity contribution >= 4 is 23.3 Å². The number of hydrogen-bond donors (Lipinski definition) is 2. The van der Waals surface area contributed by atoms with E-state index >= 15 is 0 Å². The molecular weight excluding hydrogens is 356 g/mol. The third kappa shape index (κ3) is 4.28. The molecule has 0 aliphatic heterocycles. The predicted octanol–water partition coefficient (Wildman–Crippen LogP) is 3.04. The Morgan fingerprint density at radius 3 is 2.73 bits per heavy atom. The van der Waals surface area contributed by atoms with Crippen LogP contribution in [0.1, 0.15) is 12.7 Å². The van der Waals surface area contributed by atoms with E-state index in [1.54, 1.807) is 36.4 Å². The molecule has 2 N–H and O–H groups in total. The fraction of sp³-hybridized carbons (Fsp3) is 0.176. The molecule has 0 aliphatic carbocycles. The van der Waals surface area contributed by atoms with E-state index in [0.29, 0.717) is 28.9 Å². The molecule has 1 aromatic heterocycles. The molecule has 134 valence electrons. The minimum atomic E-state index is -0.386. The number of nitrogens with zero attached hydrogens (tertiary/aromatic N) is 4. The molecule has 8 nitrogen and oxygen atoms in total. The topological polar surface area (TPSA) is 94.0 Å². The van der Waals surface area contributed by atoms with E-state index in [0.717, 1.165) is 5.69 Å². The van der Waals surface area contributed by atoms with Gasteiger partial charge in [-0.2, -0.15) is 4.68 Å². The molecule has 0 spiro atoms. The highest BCUT2D eigenvalue weighted by molar-refractivity contribution is 6.30. The van der Waals surface area contributed by atoms with Gasteiger partial charge in [0.1, 0.15) is 5.75 Å². The van der Waals surface area contributed by atoms with E-state index in [4.69, 9.17) is 16.3 Å². The number of para-hydroxylation sites is 2. The lowest BCUT2D eigenvalue weighted by Gasteiger charge is -2.12. The standard InChI is InChI=1S/C17H17ClN6O2/c1-2-26-15-6-4-3-5-14(15)20-17(25)19-11-16-21-22-23-24(16)13-9-7-12(18)8-10-13/h3-10H,2,11H2,1H3,(H2,19,20,25). The molecule has 0 bridgehead atoms. The van der Waals surface area contributed by atoms with Crippen molar-refractivity contribution in [3.63, 3.8) is 0 Å². The Hall–Kier alpha value is -3.13. The average Bonchev–Trinajstić information content (AvgIpc) is 3.11. The SMILES string of the molecule is CCOc1ccccc1NC(=O)NCc1nnnn1-c1ccc(Cl)cc1. The van der Waals surface area contributed by atoms with Gasteiger partial charge in [-0.15, -0.1) is 5.10 Å². The van der Waals surface area contributed by atoms with E-state index in [-0.39, 0.29) is 12.6 Å². The fourth-order valence-electron chi connectivity index (χ4n) is 2.28. The van der Waals surface area contributed by atoms with Crippen molar-refractivity contribution in [1.29, 1.82) is 0 Å². The Labute approximate surface area is 155 Å². The second-order valence-electron chi connectivity index (χ2n) is 5.22. The van der Waals surface area contributed by atoms with E-state index in [2.05, 4.69) is 26.2 Å². The maximum absolute atomic E-state index is 12.2. The highest BCUT2D eigenvalue weighted by Gasteiger charge is 2.11.